The van der Waals surface area contributed by atoms with E-state index in [2.05, 4.69) is 32.5 Å². The Kier molecular flexibility index (Phi) is 7.37. The second-order valence-electron chi connectivity index (χ2n) is 8.47. The number of nitrogen functional groups attached to an aromatic ring is 1. The number of ketones is 1. The highest BCUT2D eigenvalue weighted by molar-refractivity contribution is 6.00. The summed E-state index contributed by atoms with van der Waals surface area (Å²) < 4.78 is 5.36. The SMILES string of the molecule is CCCC[C@](C)(CNC(C)=O)Nc1nc(N)nc2cc(C(=O)C3CCOCC3)cnc12. The summed E-state index contributed by atoms with van der Waals surface area (Å²) in [4.78, 5) is 37.6. The summed E-state index contributed by atoms with van der Waals surface area (Å²) in [6, 6.07) is 1.74. The van der Waals surface area contributed by atoms with Gasteiger partial charge in [0, 0.05) is 44.4 Å². The van der Waals surface area contributed by atoms with E-state index < -0.39 is 5.54 Å². The van der Waals surface area contributed by atoms with Gasteiger partial charge in [-0.2, -0.15) is 4.98 Å². The van der Waals surface area contributed by atoms with Crippen LogP contribution in [0.3, 0.4) is 0 Å². The van der Waals surface area contributed by atoms with Crippen molar-refractivity contribution in [1.82, 2.24) is 20.3 Å². The van der Waals surface area contributed by atoms with Crippen LogP contribution in [0.4, 0.5) is 11.8 Å². The summed E-state index contributed by atoms with van der Waals surface area (Å²) >= 11 is 0. The fourth-order valence-corrected chi connectivity index (χ4v) is 3.82. The first-order chi connectivity index (χ1) is 14.8. The van der Waals surface area contributed by atoms with Crippen molar-refractivity contribution >= 4 is 34.5 Å². The number of nitrogens with two attached hydrogens (primary N) is 1. The van der Waals surface area contributed by atoms with E-state index in [1.54, 1.807) is 12.3 Å². The molecule has 1 saturated heterocycles. The number of ether oxygens (including phenoxy) is 1. The van der Waals surface area contributed by atoms with Crippen LogP contribution in [0.25, 0.3) is 11.0 Å². The first-order valence-corrected chi connectivity index (χ1v) is 10.9. The zero-order valence-electron chi connectivity index (χ0n) is 18.5. The molecule has 1 fully saturated rings. The highest BCUT2D eigenvalue weighted by Crippen LogP contribution is 2.27. The van der Waals surface area contributed by atoms with Crippen molar-refractivity contribution in [1.29, 1.82) is 0 Å². The van der Waals surface area contributed by atoms with Crippen molar-refractivity contribution in [2.45, 2.75) is 58.4 Å². The number of carbonyl (C=O) groups is 2. The van der Waals surface area contributed by atoms with Gasteiger partial charge in [0.2, 0.25) is 11.9 Å². The number of amides is 1. The molecule has 0 aromatic carbocycles. The normalized spacial score (nSPS) is 16.6. The molecule has 9 heteroatoms. The summed E-state index contributed by atoms with van der Waals surface area (Å²) in [6.45, 7) is 7.29. The number of nitrogens with zero attached hydrogens (tertiary/aromatic N) is 3. The molecule has 0 aliphatic carbocycles. The number of carbonyl (C=O) groups excluding carboxylic acids is 2. The molecule has 31 heavy (non-hydrogen) atoms. The Morgan fingerprint density at radius 2 is 2.03 bits per heavy atom. The number of hydrogen-bond donors (Lipinski definition) is 3. The molecule has 2 aromatic heterocycles. The number of unbranched alkanes of at least 4 members (excludes halogenated alkanes) is 1. The van der Waals surface area contributed by atoms with E-state index >= 15 is 0 Å². The van der Waals surface area contributed by atoms with Crippen LogP contribution in [-0.4, -0.2) is 51.9 Å². The molecule has 3 heterocycles. The summed E-state index contributed by atoms with van der Waals surface area (Å²) in [6.07, 6.45) is 5.86. The lowest BCUT2D eigenvalue weighted by Gasteiger charge is -2.32. The van der Waals surface area contributed by atoms with E-state index in [1.807, 2.05) is 6.92 Å². The predicted octanol–water partition coefficient (Wildman–Crippen LogP) is 2.71. The zero-order chi connectivity index (χ0) is 22.4. The van der Waals surface area contributed by atoms with Gasteiger partial charge in [0.1, 0.15) is 5.52 Å². The van der Waals surface area contributed by atoms with Gasteiger partial charge >= 0.3 is 0 Å². The van der Waals surface area contributed by atoms with Crippen LogP contribution in [0.15, 0.2) is 12.3 Å². The molecular weight excluding hydrogens is 396 g/mol. The minimum absolute atomic E-state index is 0.0558. The average Bonchev–Trinajstić information content (AvgIpc) is 2.76. The van der Waals surface area contributed by atoms with E-state index in [1.165, 1.54) is 6.92 Å². The van der Waals surface area contributed by atoms with Crippen molar-refractivity contribution in [3.8, 4) is 0 Å². The number of hydrogen-bond acceptors (Lipinski definition) is 8. The Hall–Kier alpha value is -2.81. The van der Waals surface area contributed by atoms with Crippen molar-refractivity contribution in [3.05, 3.63) is 17.8 Å². The molecule has 0 radical (unpaired) electrons. The first kappa shape index (κ1) is 22.9. The lowest BCUT2D eigenvalue weighted by Crippen LogP contribution is -2.46. The molecule has 168 valence electrons. The third kappa shape index (κ3) is 5.88. The molecule has 1 amide bonds. The number of aromatic nitrogens is 3. The molecule has 1 atom stereocenters. The minimum Gasteiger partial charge on any atom is -0.381 e. The summed E-state index contributed by atoms with van der Waals surface area (Å²) in [7, 11) is 0. The quantitative estimate of drug-likeness (QED) is 0.519. The number of Topliss-reactive ketones (excluding diaryl/α,β-unsaturated/α-hetero) is 1. The van der Waals surface area contributed by atoms with Crippen molar-refractivity contribution < 1.29 is 14.3 Å². The number of fused-ring (bicyclic) bond motifs is 1. The largest absolute Gasteiger partial charge is 0.381 e. The fourth-order valence-electron chi connectivity index (χ4n) is 3.82. The second-order valence-corrected chi connectivity index (χ2v) is 8.47. The van der Waals surface area contributed by atoms with Crippen molar-refractivity contribution in [3.63, 3.8) is 0 Å². The molecule has 2 aromatic rings. The van der Waals surface area contributed by atoms with Crippen molar-refractivity contribution in [2.24, 2.45) is 5.92 Å². The monoisotopic (exact) mass is 428 g/mol. The number of anilines is 2. The van der Waals surface area contributed by atoms with Gasteiger partial charge < -0.3 is 21.1 Å². The number of pyridine rings is 1. The van der Waals surface area contributed by atoms with Gasteiger partial charge in [0.15, 0.2) is 11.6 Å². The Morgan fingerprint density at radius 3 is 2.71 bits per heavy atom. The fraction of sp³-hybridized carbons (Fsp3) is 0.591. The summed E-state index contributed by atoms with van der Waals surface area (Å²) in [5.41, 5.74) is 7.12. The van der Waals surface area contributed by atoms with E-state index in [4.69, 9.17) is 10.5 Å². The lowest BCUT2D eigenvalue weighted by molar-refractivity contribution is -0.119. The van der Waals surface area contributed by atoms with E-state index in [9.17, 15) is 9.59 Å². The first-order valence-electron chi connectivity index (χ1n) is 10.9. The molecule has 0 unspecified atom stereocenters. The topological polar surface area (TPSA) is 132 Å². The van der Waals surface area contributed by atoms with Gasteiger partial charge in [-0.05, 0) is 32.3 Å². The van der Waals surface area contributed by atoms with Crippen LogP contribution in [0.2, 0.25) is 0 Å². The van der Waals surface area contributed by atoms with Crippen molar-refractivity contribution in [2.75, 3.05) is 30.8 Å². The van der Waals surface area contributed by atoms with Crippen LogP contribution in [0, 0.1) is 5.92 Å². The maximum absolute atomic E-state index is 12.9. The molecule has 0 spiro atoms. The summed E-state index contributed by atoms with van der Waals surface area (Å²) in [5, 5.41) is 6.32. The Labute approximate surface area is 182 Å². The van der Waals surface area contributed by atoms with Crippen LogP contribution in [-0.2, 0) is 9.53 Å². The van der Waals surface area contributed by atoms with Gasteiger partial charge in [-0.25, -0.2) is 9.97 Å². The standard InChI is InChI=1S/C22H32N6O3/c1-4-5-8-22(3,13-25-14(2)29)28-20-18-17(26-21(23)27-20)11-16(12-24-18)19(30)15-6-9-31-10-7-15/h11-12,15H,4-10,13H2,1-3H3,(H,25,29)(H3,23,26,27,28)/t22-/m1/s1. The van der Waals surface area contributed by atoms with E-state index in [-0.39, 0.29) is 23.6 Å². The molecule has 0 bridgehead atoms. The van der Waals surface area contributed by atoms with E-state index in [0.717, 1.165) is 19.3 Å². The summed E-state index contributed by atoms with van der Waals surface area (Å²) in [5.74, 6) is 0.509. The average molecular weight is 429 g/mol. The third-order valence-corrected chi connectivity index (χ3v) is 5.66. The van der Waals surface area contributed by atoms with Gasteiger partial charge in [-0.1, -0.05) is 19.8 Å². The number of rotatable bonds is 9. The van der Waals surface area contributed by atoms with Gasteiger partial charge in [0.05, 0.1) is 11.1 Å². The van der Waals surface area contributed by atoms with Crippen LogP contribution in [0.1, 0.15) is 63.2 Å². The maximum Gasteiger partial charge on any atom is 0.222 e. The van der Waals surface area contributed by atoms with Gasteiger partial charge in [0.25, 0.3) is 0 Å². The molecule has 1 aliphatic heterocycles. The predicted molar refractivity (Wildman–Crippen MR) is 120 cm³/mol. The highest BCUT2D eigenvalue weighted by Gasteiger charge is 2.27. The molecule has 9 nitrogen and oxygen atoms in total. The van der Waals surface area contributed by atoms with Gasteiger partial charge in [-0.15, -0.1) is 0 Å². The third-order valence-electron chi connectivity index (χ3n) is 5.66. The highest BCUT2D eigenvalue weighted by atomic mass is 16.5. The molecule has 4 N–H and O–H groups in total. The maximum atomic E-state index is 12.9. The van der Waals surface area contributed by atoms with Crippen LogP contribution >= 0.6 is 0 Å². The second kappa shape index (κ2) is 10.00. The number of nitrogens with one attached hydrogen (secondary N) is 2. The minimum atomic E-state index is -0.437. The molecule has 0 saturated carbocycles. The lowest BCUT2D eigenvalue weighted by atomic mass is 9.91. The Balaban J connectivity index is 1.90. The van der Waals surface area contributed by atoms with Crippen LogP contribution in [0.5, 0.6) is 0 Å². The molecule has 1 aliphatic rings. The Morgan fingerprint density at radius 1 is 1.29 bits per heavy atom. The zero-order valence-corrected chi connectivity index (χ0v) is 18.5. The van der Waals surface area contributed by atoms with E-state index in [0.29, 0.717) is 55.0 Å². The smallest absolute Gasteiger partial charge is 0.222 e. The molecular formula is C22H32N6O3. The Bertz CT molecular complexity index is 944. The van der Waals surface area contributed by atoms with Crippen LogP contribution < -0.4 is 16.4 Å². The molecule has 3 rings (SSSR count). The van der Waals surface area contributed by atoms with Gasteiger partial charge in [-0.3, -0.25) is 9.59 Å².